The van der Waals surface area contributed by atoms with E-state index in [1.165, 1.54) is 25.3 Å². The molecule has 154 valence electrons. The number of rotatable bonds is 7. The highest BCUT2D eigenvalue weighted by Crippen LogP contribution is 2.16. The number of methoxy groups -OCH3 is 1. The van der Waals surface area contributed by atoms with Gasteiger partial charge in [0.05, 0.1) is 25.2 Å². The minimum absolute atomic E-state index is 0.236. The number of aromatic nitrogens is 2. The number of likely N-dealkylation sites (tertiary alicyclic amines) is 1. The highest BCUT2D eigenvalue weighted by Gasteiger charge is 2.20. The van der Waals surface area contributed by atoms with Gasteiger partial charge in [0.15, 0.2) is 11.6 Å². The van der Waals surface area contributed by atoms with Crippen molar-refractivity contribution in [2.75, 3.05) is 32.1 Å². The molecule has 1 fully saturated rings. The third-order valence-corrected chi connectivity index (χ3v) is 4.82. The predicted octanol–water partition coefficient (Wildman–Crippen LogP) is 3.06. The van der Waals surface area contributed by atoms with Crippen molar-refractivity contribution in [3.05, 3.63) is 59.6 Å². The average Bonchev–Trinajstić information content (AvgIpc) is 2.74. The van der Waals surface area contributed by atoms with Gasteiger partial charge in [0.25, 0.3) is 0 Å². The predicted molar refractivity (Wildman–Crippen MR) is 106 cm³/mol. The van der Waals surface area contributed by atoms with Crippen LogP contribution in [0.1, 0.15) is 24.1 Å². The first-order valence-corrected chi connectivity index (χ1v) is 9.54. The van der Waals surface area contributed by atoms with Crippen LogP contribution in [0.4, 0.5) is 14.6 Å². The van der Waals surface area contributed by atoms with E-state index in [1.54, 1.807) is 24.5 Å². The van der Waals surface area contributed by atoms with Gasteiger partial charge in [-0.2, -0.15) is 0 Å². The third-order valence-electron chi connectivity index (χ3n) is 4.82. The summed E-state index contributed by atoms with van der Waals surface area (Å²) < 4.78 is 30.9. The normalized spacial score (nSPS) is 17.4. The van der Waals surface area contributed by atoms with Gasteiger partial charge >= 0.3 is 5.97 Å². The van der Waals surface area contributed by atoms with Crippen molar-refractivity contribution in [2.45, 2.75) is 25.3 Å². The lowest BCUT2D eigenvalue weighted by Gasteiger charge is -2.33. The molecule has 8 heteroatoms. The number of benzene rings is 1. The molecule has 29 heavy (non-hydrogen) atoms. The number of nitrogens with one attached hydrogen (secondary N) is 1. The van der Waals surface area contributed by atoms with Gasteiger partial charge in [0.1, 0.15) is 5.82 Å². The van der Waals surface area contributed by atoms with Crippen molar-refractivity contribution in [2.24, 2.45) is 0 Å². The number of anilines is 1. The molecule has 0 radical (unpaired) electrons. The molecule has 0 aliphatic carbocycles. The van der Waals surface area contributed by atoms with Crippen LogP contribution in [0.25, 0.3) is 6.08 Å². The van der Waals surface area contributed by atoms with Crippen molar-refractivity contribution < 1.29 is 18.3 Å². The van der Waals surface area contributed by atoms with Gasteiger partial charge in [0.2, 0.25) is 0 Å². The maximum absolute atomic E-state index is 13.3. The fourth-order valence-corrected chi connectivity index (χ4v) is 3.29. The van der Waals surface area contributed by atoms with E-state index >= 15 is 0 Å². The van der Waals surface area contributed by atoms with E-state index in [0.29, 0.717) is 17.9 Å². The SMILES string of the molecule is COC(=O)C=Cc1cnc(N[C@@H]2CCCN(CCc3ccc(F)c(F)c3)C2)cn1. The molecule has 1 aromatic carbocycles. The zero-order valence-electron chi connectivity index (χ0n) is 16.3. The highest BCUT2D eigenvalue weighted by molar-refractivity contribution is 5.86. The molecule has 1 atom stereocenters. The minimum atomic E-state index is -0.816. The molecule has 0 spiro atoms. The van der Waals surface area contributed by atoms with Crippen molar-refractivity contribution in [3.63, 3.8) is 0 Å². The molecule has 0 unspecified atom stereocenters. The van der Waals surface area contributed by atoms with Crippen molar-refractivity contribution in [1.29, 1.82) is 0 Å². The van der Waals surface area contributed by atoms with E-state index in [9.17, 15) is 13.6 Å². The number of carbonyl (C=O) groups is 1. The number of esters is 1. The van der Waals surface area contributed by atoms with Crippen LogP contribution in [0, 0.1) is 11.6 Å². The molecule has 2 heterocycles. The van der Waals surface area contributed by atoms with E-state index in [0.717, 1.165) is 38.0 Å². The minimum Gasteiger partial charge on any atom is -0.466 e. The largest absolute Gasteiger partial charge is 0.466 e. The standard InChI is InChI=1S/C21H24F2N4O2/c1-29-21(28)7-5-16-12-25-20(13-24-16)26-17-3-2-9-27(14-17)10-8-15-4-6-18(22)19(23)11-15/h4-7,11-13,17H,2-3,8-10,14H2,1H3,(H,25,26)/t17-/m1/s1. The maximum atomic E-state index is 13.3. The fraction of sp³-hybridized carbons (Fsp3) is 0.381. The van der Waals surface area contributed by atoms with Gasteiger partial charge in [-0.1, -0.05) is 6.07 Å². The summed E-state index contributed by atoms with van der Waals surface area (Å²) in [4.78, 5) is 22.0. The van der Waals surface area contributed by atoms with Crippen molar-refractivity contribution >= 4 is 17.9 Å². The second-order valence-corrected chi connectivity index (χ2v) is 6.97. The van der Waals surface area contributed by atoms with Crippen LogP contribution in [0.5, 0.6) is 0 Å². The second kappa shape index (κ2) is 10.1. The Morgan fingerprint density at radius 2 is 2.17 bits per heavy atom. The molecule has 6 nitrogen and oxygen atoms in total. The van der Waals surface area contributed by atoms with E-state index in [4.69, 9.17) is 0 Å². The van der Waals surface area contributed by atoms with E-state index in [2.05, 4.69) is 24.9 Å². The summed E-state index contributed by atoms with van der Waals surface area (Å²) in [6.45, 7) is 2.60. The molecule has 1 N–H and O–H groups in total. The Bertz CT molecular complexity index is 858. The molecule has 1 aromatic heterocycles. The number of ether oxygens (including phenoxy) is 1. The Hall–Kier alpha value is -2.87. The fourth-order valence-electron chi connectivity index (χ4n) is 3.29. The average molecular weight is 402 g/mol. The molecule has 0 amide bonds. The number of hydrogen-bond donors (Lipinski definition) is 1. The van der Waals surface area contributed by atoms with E-state index < -0.39 is 17.6 Å². The van der Waals surface area contributed by atoms with Gasteiger partial charge in [-0.3, -0.25) is 4.98 Å². The maximum Gasteiger partial charge on any atom is 0.330 e. The summed E-state index contributed by atoms with van der Waals surface area (Å²) >= 11 is 0. The number of carbonyl (C=O) groups excluding carboxylic acids is 1. The highest BCUT2D eigenvalue weighted by atomic mass is 19.2. The first-order valence-electron chi connectivity index (χ1n) is 9.54. The van der Waals surface area contributed by atoms with Crippen LogP contribution >= 0.6 is 0 Å². The first-order chi connectivity index (χ1) is 14.0. The molecule has 0 bridgehead atoms. The van der Waals surface area contributed by atoms with Gasteiger partial charge in [-0.25, -0.2) is 18.6 Å². The summed E-state index contributed by atoms with van der Waals surface area (Å²) in [5.41, 5.74) is 1.36. The Labute approximate surface area is 168 Å². The Morgan fingerprint density at radius 1 is 1.31 bits per heavy atom. The Morgan fingerprint density at radius 3 is 2.90 bits per heavy atom. The molecule has 0 saturated carbocycles. The third kappa shape index (κ3) is 6.32. The lowest BCUT2D eigenvalue weighted by Crippen LogP contribution is -2.43. The van der Waals surface area contributed by atoms with Gasteiger partial charge < -0.3 is 15.0 Å². The van der Waals surface area contributed by atoms with E-state index in [-0.39, 0.29) is 6.04 Å². The van der Waals surface area contributed by atoms with Crippen molar-refractivity contribution in [3.8, 4) is 0 Å². The van der Waals surface area contributed by atoms with Crippen molar-refractivity contribution in [1.82, 2.24) is 14.9 Å². The van der Waals surface area contributed by atoms with Crippen LogP contribution in [-0.4, -0.2) is 53.6 Å². The monoisotopic (exact) mass is 402 g/mol. The van der Waals surface area contributed by atoms with Crippen LogP contribution in [0.2, 0.25) is 0 Å². The Kier molecular flexibility index (Phi) is 7.24. The summed E-state index contributed by atoms with van der Waals surface area (Å²) in [5.74, 6) is -1.39. The molecular formula is C21H24F2N4O2. The zero-order valence-corrected chi connectivity index (χ0v) is 16.3. The summed E-state index contributed by atoms with van der Waals surface area (Å²) in [6.07, 6.45) is 8.80. The van der Waals surface area contributed by atoms with Crippen LogP contribution in [0.15, 0.2) is 36.7 Å². The molecule has 2 aromatic rings. The number of piperidine rings is 1. The van der Waals surface area contributed by atoms with Gasteiger partial charge in [-0.05, 0) is 49.6 Å². The molecule has 1 saturated heterocycles. The second-order valence-electron chi connectivity index (χ2n) is 6.97. The van der Waals surface area contributed by atoms with Gasteiger partial charge in [-0.15, -0.1) is 0 Å². The van der Waals surface area contributed by atoms with Crippen LogP contribution in [-0.2, 0) is 16.0 Å². The summed E-state index contributed by atoms with van der Waals surface area (Å²) in [7, 11) is 1.32. The molecular weight excluding hydrogens is 378 g/mol. The smallest absolute Gasteiger partial charge is 0.330 e. The molecule has 3 rings (SSSR count). The molecule has 1 aliphatic rings. The topological polar surface area (TPSA) is 67.3 Å². The van der Waals surface area contributed by atoms with Crippen LogP contribution in [0.3, 0.4) is 0 Å². The number of nitrogens with zero attached hydrogens (tertiary/aromatic N) is 3. The van der Waals surface area contributed by atoms with Crippen LogP contribution < -0.4 is 5.32 Å². The summed E-state index contributed by atoms with van der Waals surface area (Å²) in [5, 5.41) is 3.39. The summed E-state index contributed by atoms with van der Waals surface area (Å²) in [6, 6.07) is 4.30. The lowest BCUT2D eigenvalue weighted by molar-refractivity contribution is -0.134. The number of halogens is 2. The Balaban J connectivity index is 1.49. The lowest BCUT2D eigenvalue weighted by atomic mass is 10.0. The quantitative estimate of drug-likeness (QED) is 0.567. The number of hydrogen-bond acceptors (Lipinski definition) is 6. The zero-order chi connectivity index (χ0) is 20.6. The van der Waals surface area contributed by atoms with Gasteiger partial charge in [0, 0.05) is 25.2 Å². The molecule has 1 aliphatic heterocycles. The first kappa shape index (κ1) is 20.9. The van der Waals surface area contributed by atoms with E-state index in [1.807, 2.05) is 0 Å².